The van der Waals surface area contributed by atoms with Crippen molar-refractivity contribution in [3.8, 4) is 16.9 Å². The van der Waals surface area contributed by atoms with Crippen LogP contribution in [0.15, 0.2) is 36.4 Å². The van der Waals surface area contributed by atoms with Gasteiger partial charge in [0.15, 0.2) is 5.82 Å². The number of hydrogen-bond acceptors (Lipinski definition) is 4. The highest BCUT2D eigenvalue weighted by Gasteiger charge is 2.12. The first-order chi connectivity index (χ1) is 14.0. The minimum Gasteiger partial charge on any atom is -0.496 e. The van der Waals surface area contributed by atoms with Gasteiger partial charge >= 0.3 is 6.03 Å². The van der Waals surface area contributed by atoms with E-state index in [2.05, 4.69) is 26.9 Å². The normalized spacial score (nSPS) is 11.1. The number of aromatic nitrogens is 2. The maximum Gasteiger partial charge on any atom is 0.320 e. The maximum absolute atomic E-state index is 12.1. The third-order valence-corrected chi connectivity index (χ3v) is 4.52. The molecule has 0 fully saturated rings. The van der Waals surface area contributed by atoms with Crippen LogP contribution in [0.5, 0.6) is 5.75 Å². The molecule has 0 unspecified atom stereocenters. The fourth-order valence-corrected chi connectivity index (χ4v) is 3.07. The highest BCUT2D eigenvalue weighted by atomic mass is 16.5. The van der Waals surface area contributed by atoms with Crippen LogP contribution in [0.4, 0.5) is 10.6 Å². The predicted octanol–water partition coefficient (Wildman–Crippen LogP) is 4.48. The summed E-state index contributed by atoms with van der Waals surface area (Å²) in [5, 5.41) is 13.7. The summed E-state index contributed by atoms with van der Waals surface area (Å²) >= 11 is 0. The predicted molar refractivity (Wildman–Crippen MR) is 116 cm³/mol. The average molecular weight is 396 g/mol. The van der Waals surface area contributed by atoms with Gasteiger partial charge in [0, 0.05) is 24.1 Å². The standard InChI is InChI=1S/C22H28N4O3/c1-14(2)29-11-5-10-23-22(27)24-21-17-8-7-16(13-19(17)25-26-21)18-12-15(3)6-9-20(18)28-4/h6-9,12-14H,5,10-11H2,1-4H3,(H3,23,24,25,26,27). The molecule has 7 nitrogen and oxygen atoms in total. The lowest BCUT2D eigenvalue weighted by Crippen LogP contribution is -2.30. The Hall–Kier alpha value is -3.06. The van der Waals surface area contributed by atoms with Crippen LogP contribution in [0.3, 0.4) is 0 Å². The van der Waals surface area contributed by atoms with Crippen LogP contribution in [-0.2, 0) is 4.74 Å². The van der Waals surface area contributed by atoms with Crippen molar-refractivity contribution in [3.63, 3.8) is 0 Å². The number of amides is 2. The number of nitrogens with one attached hydrogen (secondary N) is 3. The summed E-state index contributed by atoms with van der Waals surface area (Å²) in [6.45, 7) is 7.19. The molecular formula is C22H28N4O3. The van der Waals surface area contributed by atoms with Crippen molar-refractivity contribution in [3.05, 3.63) is 42.0 Å². The number of carbonyl (C=O) groups excluding carboxylic acids is 1. The van der Waals surface area contributed by atoms with Crippen LogP contribution >= 0.6 is 0 Å². The number of rotatable bonds is 8. The van der Waals surface area contributed by atoms with Gasteiger partial charge in [-0.05, 0) is 57.0 Å². The van der Waals surface area contributed by atoms with E-state index in [1.807, 2.05) is 51.1 Å². The van der Waals surface area contributed by atoms with E-state index in [1.54, 1.807) is 7.11 Å². The Bertz CT molecular complexity index is 981. The van der Waals surface area contributed by atoms with Gasteiger partial charge in [-0.15, -0.1) is 0 Å². The highest BCUT2D eigenvalue weighted by molar-refractivity contribution is 6.00. The summed E-state index contributed by atoms with van der Waals surface area (Å²) in [6, 6.07) is 11.7. The third kappa shape index (κ3) is 5.26. The molecule has 3 aromatic rings. The Morgan fingerprint density at radius 2 is 2.03 bits per heavy atom. The monoisotopic (exact) mass is 396 g/mol. The minimum absolute atomic E-state index is 0.198. The number of ether oxygens (including phenoxy) is 2. The van der Waals surface area contributed by atoms with Crippen molar-refractivity contribution >= 4 is 22.8 Å². The number of H-pyrrole nitrogens is 1. The van der Waals surface area contributed by atoms with Crippen molar-refractivity contribution in [2.24, 2.45) is 0 Å². The van der Waals surface area contributed by atoms with Gasteiger partial charge in [0.1, 0.15) is 5.75 Å². The summed E-state index contributed by atoms with van der Waals surface area (Å²) in [5.74, 6) is 1.31. The number of benzene rings is 2. The molecule has 0 aliphatic carbocycles. The first-order valence-electron chi connectivity index (χ1n) is 9.77. The van der Waals surface area contributed by atoms with E-state index in [0.717, 1.165) is 39.8 Å². The molecule has 3 N–H and O–H groups in total. The van der Waals surface area contributed by atoms with Gasteiger partial charge in [-0.2, -0.15) is 5.10 Å². The van der Waals surface area contributed by atoms with Crippen molar-refractivity contribution in [1.29, 1.82) is 0 Å². The molecule has 154 valence electrons. The Kier molecular flexibility index (Phi) is 6.72. The van der Waals surface area contributed by atoms with Crippen molar-refractivity contribution in [2.75, 3.05) is 25.6 Å². The second kappa shape index (κ2) is 9.43. The topological polar surface area (TPSA) is 88.3 Å². The fourth-order valence-electron chi connectivity index (χ4n) is 3.07. The first-order valence-corrected chi connectivity index (χ1v) is 9.77. The van der Waals surface area contributed by atoms with E-state index in [1.165, 1.54) is 0 Å². The zero-order chi connectivity index (χ0) is 20.8. The van der Waals surface area contributed by atoms with E-state index in [9.17, 15) is 4.79 Å². The summed E-state index contributed by atoms with van der Waals surface area (Å²) in [7, 11) is 1.67. The van der Waals surface area contributed by atoms with Gasteiger partial charge in [-0.25, -0.2) is 4.79 Å². The van der Waals surface area contributed by atoms with Crippen molar-refractivity contribution in [1.82, 2.24) is 15.5 Å². The third-order valence-electron chi connectivity index (χ3n) is 4.52. The molecule has 0 bridgehead atoms. The average Bonchev–Trinajstić information content (AvgIpc) is 3.09. The fraction of sp³-hybridized carbons (Fsp3) is 0.364. The van der Waals surface area contributed by atoms with Crippen molar-refractivity contribution in [2.45, 2.75) is 33.3 Å². The maximum atomic E-state index is 12.1. The molecule has 1 aromatic heterocycles. The number of fused-ring (bicyclic) bond motifs is 1. The van der Waals surface area contributed by atoms with Crippen LogP contribution in [0.1, 0.15) is 25.8 Å². The number of aromatic amines is 1. The van der Waals surface area contributed by atoms with Crippen LogP contribution in [0, 0.1) is 6.92 Å². The number of methoxy groups -OCH3 is 1. The highest BCUT2D eigenvalue weighted by Crippen LogP contribution is 2.33. The molecule has 0 aliphatic rings. The number of anilines is 1. The summed E-state index contributed by atoms with van der Waals surface area (Å²) < 4.78 is 11.0. The molecule has 0 spiro atoms. The van der Waals surface area contributed by atoms with E-state index >= 15 is 0 Å². The lowest BCUT2D eigenvalue weighted by Gasteiger charge is -2.10. The smallest absolute Gasteiger partial charge is 0.320 e. The number of carbonyl (C=O) groups is 1. The first kappa shape index (κ1) is 20.7. The molecular weight excluding hydrogens is 368 g/mol. The Morgan fingerprint density at radius 3 is 2.79 bits per heavy atom. The van der Waals surface area contributed by atoms with Gasteiger partial charge in [0.2, 0.25) is 0 Å². The van der Waals surface area contributed by atoms with E-state index < -0.39 is 0 Å². The molecule has 0 aliphatic heterocycles. The van der Waals surface area contributed by atoms with Crippen LogP contribution in [0.25, 0.3) is 22.0 Å². The Labute approximate surface area is 170 Å². The molecule has 7 heteroatoms. The zero-order valence-electron chi connectivity index (χ0n) is 17.3. The molecule has 2 aromatic carbocycles. The van der Waals surface area contributed by atoms with Crippen molar-refractivity contribution < 1.29 is 14.3 Å². The molecule has 0 radical (unpaired) electrons. The summed E-state index contributed by atoms with van der Waals surface area (Å²) in [4.78, 5) is 12.1. The number of aryl methyl sites for hydroxylation is 1. The van der Waals surface area contributed by atoms with E-state index in [0.29, 0.717) is 19.0 Å². The van der Waals surface area contributed by atoms with Crippen LogP contribution in [0.2, 0.25) is 0 Å². The van der Waals surface area contributed by atoms with Gasteiger partial charge in [0.25, 0.3) is 0 Å². The Morgan fingerprint density at radius 1 is 1.21 bits per heavy atom. The number of hydrogen-bond donors (Lipinski definition) is 3. The Balaban J connectivity index is 1.68. The molecule has 0 saturated heterocycles. The molecule has 0 saturated carbocycles. The summed E-state index contributed by atoms with van der Waals surface area (Å²) in [6.07, 6.45) is 0.957. The quantitative estimate of drug-likeness (QED) is 0.490. The zero-order valence-corrected chi connectivity index (χ0v) is 17.3. The molecule has 1 heterocycles. The lowest BCUT2D eigenvalue weighted by molar-refractivity contribution is 0.0775. The molecule has 29 heavy (non-hydrogen) atoms. The minimum atomic E-state index is -0.285. The molecule has 2 amide bonds. The SMILES string of the molecule is COc1ccc(C)cc1-c1ccc2c(NC(=O)NCCCOC(C)C)n[nH]c2c1. The van der Waals surface area contributed by atoms with E-state index in [4.69, 9.17) is 9.47 Å². The van der Waals surface area contributed by atoms with Gasteiger partial charge in [-0.1, -0.05) is 17.7 Å². The van der Waals surface area contributed by atoms with Gasteiger partial charge < -0.3 is 14.8 Å². The second-order valence-corrected chi connectivity index (χ2v) is 7.19. The number of urea groups is 1. The molecule has 0 atom stereocenters. The lowest BCUT2D eigenvalue weighted by atomic mass is 10.0. The van der Waals surface area contributed by atoms with Crippen LogP contribution < -0.4 is 15.4 Å². The largest absolute Gasteiger partial charge is 0.496 e. The molecule has 3 rings (SSSR count). The van der Waals surface area contributed by atoms with Crippen LogP contribution in [-0.4, -0.2) is 42.6 Å². The second-order valence-electron chi connectivity index (χ2n) is 7.19. The summed E-state index contributed by atoms with van der Waals surface area (Å²) in [5.41, 5.74) is 4.03. The number of nitrogens with zero attached hydrogens (tertiary/aromatic N) is 1. The van der Waals surface area contributed by atoms with Gasteiger partial charge in [-0.3, -0.25) is 10.4 Å². The van der Waals surface area contributed by atoms with E-state index in [-0.39, 0.29) is 12.1 Å². The van der Waals surface area contributed by atoms with Gasteiger partial charge in [0.05, 0.1) is 18.7 Å².